The van der Waals surface area contributed by atoms with Crippen molar-refractivity contribution < 1.29 is 114 Å². The minimum absolute atomic E-state index is 0. The van der Waals surface area contributed by atoms with Crippen LogP contribution in [0.3, 0.4) is 0 Å². The van der Waals surface area contributed by atoms with Crippen LogP contribution in [-0.2, 0) is 91.7 Å². The summed E-state index contributed by atoms with van der Waals surface area (Å²) in [4.78, 5) is 0. The fourth-order valence-electron chi connectivity index (χ4n) is 0. The van der Waals surface area contributed by atoms with Gasteiger partial charge in [-0.1, -0.05) is 0 Å². The van der Waals surface area contributed by atoms with Gasteiger partial charge in [-0.3, -0.25) is 0 Å². The van der Waals surface area contributed by atoms with Gasteiger partial charge in [0, 0.05) is 0 Å². The van der Waals surface area contributed by atoms with Crippen LogP contribution in [0.2, 0.25) is 0 Å². The van der Waals surface area contributed by atoms with Crippen LogP contribution in [0, 0.1) is 0 Å². The Balaban J connectivity index is -0.0000000655. The van der Waals surface area contributed by atoms with Gasteiger partial charge in [0.15, 0.2) is 0 Å². The van der Waals surface area contributed by atoms with Crippen molar-refractivity contribution in [3.63, 3.8) is 0 Å². The van der Waals surface area contributed by atoms with E-state index in [1.807, 2.05) is 0 Å². The SMILES string of the molecule is [O]=[Mo](=[O])([O-])[O-].[O]=[Mo](=[O])([O-])[O-].[O]=[Mo](=[O])([O-])[O-].[W+6]. The fourth-order valence-corrected chi connectivity index (χ4v) is 0. The maximum absolute atomic E-state index is 8.63. The summed E-state index contributed by atoms with van der Waals surface area (Å²) in [5, 5.41) is 0. The van der Waals surface area contributed by atoms with E-state index in [2.05, 4.69) is 0 Å². The van der Waals surface area contributed by atoms with E-state index in [1.54, 1.807) is 0 Å². The Hall–Kier alpha value is 1.31. The topological polar surface area (TPSA) is 241 Å². The second-order valence-electron chi connectivity index (χ2n) is 1.22. The van der Waals surface area contributed by atoms with Gasteiger partial charge in [0.1, 0.15) is 0 Å². The molecule has 0 aromatic carbocycles. The molecule has 0 spiro atoms. The largest absolute Gasteiger partial charge is 6.00 e. The van der Waals surface area contributed by atoms with Crippen LogP contribution < -0.4 is 22.6 Å². The molecule has 0 saturated carbocycles. The first-order chi connectivity index (χ1) is 6.00. The van der Waals surface area contributed by atoms with E-state index < -0.39 is 50.2 Å². The Morgan fingerprint density at radius 3 is 0.438 bits per heavy atom. The predicted octanol–water partition coefficient (Wildman–Crippen LogP) is -7.86. The Bertz CT molecular complexity index is 337. The van der Waals surface area contributed by atoms with Gasteiger partial charge in [-0.05, 0) is 0 Å². The van der Waals surface area contributed by atoms with Gasteiger partial charge in [0.05, 0.1) is 0 Å². The van der Waals surface area contributed by atoms with Crippen LogP contribution in [0.25, 0.3) is 0 Å². The monoisotopic (exact) mass is 670 g/mol. The first-order valence-electron chi connectivity index (χ1n) is 2.00. The van der Waals surface area contributed by atoms with E-state index in [0.717, 1.165) is 0 Å². The predicted molar refractivity (Wildman–Crippen MR) is 4.12 cm³/mol. The van der Waals surface area contributed by atoms with Gasteiger partial charge in [-0.25, -0.2) is 0 Å². The summed E-state index contributed by atoms with van der Waals surface area (Å²) in [6, 6.07) is 0. The molecule has 0 saturated heterocycles. The molecular weight excluding hydrogens is 664 g/mol. The zero-order valence-electron chi connectivity index (χ0n) is 6.53. The molecule has 0 aliphatic heterocycles. The van der Waals surface area contributed by atoms with Crippen LogP contribution in [0.1, 0.15) is 0 Å². The smallest absolute Gasteiger partial charge is 6.00 e. The van der Waals surface area contributed by atoms with E-state index >= 15 is 0 Å². The Labute approximate surface area is 113 Å². The standard InChI is InChI=1S/3Mo.12O.W/q;;;;;;;;;6*-1;+6. The molecule has 0 aromatic rings. The minimum atomic E-state index is -6.02. The summed E-state index contributed by atoms with van der Waals surface area (Å²) in [6.45, 7) is 0. The molecule has 12 nitrogen and oxygen atoms in total. The zero-order chi connectivity index (χ0) is 13.5. The molecular formula is Mo3O12W. The van der Waals surface area contributed by atoms with Gasteiger partial charge in [-0.15, -0.1) is 0 Å². The third-order valence-electron chi connectivity index (χ3n) is 0. The third-order valence-corrected chi connectivity index (χ3v) is 0. The summed E-state index contributed by atoms with van der Waals surface area (Å²) in [5.41, 5.74) is 0. The Kier molecular flexibility index (Phi) is 16.7. The first-order valence-corrected chi connectivity index (χ1v) is 11.8. The van der Waals surface area contributed by atoms with Gasteiger partial charge >= 0.3 is 114 Å². The molecule has 0 fully saturated rings. The third kappa shape index (κ3) is 1820. The molecule has 0 aromatic heterocycles. The van der Waals surface area contributed by atoms with Crippen molar-refractivity contribution in [1.82, 2.24) is 0 Å². The second-order valence-corrected chi connectivity index (χ2v) is 7.25. The van der Waals surface area contributed by atoms with E-state index in [1.165, 1.54) is 0 Å². The molecule has 96 valence electrons. The molecule has 0 unspecified atom stereocenters. The van der Waals surface area contributed by atoms with Gasteiger partial charge in [0.25, 0.3) is 0 Å². The quantitative estimate of drug-likeness (QED) is 0.220. The van der Waals surface area contributed by atoms with Crippen molar-refractivity contribution in [2.24, 2.45) is 0 Å². The van der Waals surface area contributed by atoms with E-state index in [0.29, 0.717) is 0 Å². The number of hydrogen-bond acceptors (Lipinski definition) is 12. The maximum Gasteiger partial charge on any atom is 6.00 e. The molecule has 0 N–H and O–H groups in total. The molecule has 0 rings (SSSR count). The van der Waals surface area contributed by atoms with Crippen molar-refractivity contribution >= 4 is 0 Å². The average Bonchev–Trinajstić information content (AvgIpc) is 1.41. The van der Waals surface area contributed by atoms with Crippen molar-refractivity contribution in [3.8, 4) is 0 Å². The van der Waals surface area contributed by atoms with Gasteiger partial charge in [0.2, 0.25) is 0 Å². The van der Waals surface area contributed by atoms with E-state index in [-0.39, 0.29) is 21.1 Å². The molecule has 0 atom stereocenters. The summed E-state index contributed by atoms with van der Waals surface area (Å²) in [6.07, 6.45) is 0. The number of rotatable bonds is 0. The van der Waals surface area contributed by atoms with Crippen molar-refractivity contribution in [1.29, 1.82) is 0 Å². The normalized spacial score (nSPS) is 10.9. The van der Waals surface area contributed by atoms with Crippen molar-refractivity contribution in [3.05, 3.63) is 0 Å². The summed E-state index contributed by atoms with van der Waals surface area (Å²) < 4.78 is 104. The van der Waals surface area contributed by atoms with E-state index in [9.17, 15) is 0 Å². The van der Waals surface area contributed by atoms with Crippen LogP contribution in [-0.4, -0.2) is 0 Å². The summed E-state index contributed by atoms with van der Waals surface area (Å²) in [5.74, 6) is 0. The Morgan fingerprint density at radius 2 is 0.438 bits per heavy atom. The van der Waals surface area contributed by atoms with Crippen LogP contribution in [0.5, 0.6) is 0 Å². The summed E-state index contributed by atoms with van der Waals surface area (Å²) in [7, 11) is 0. The molecule has 0 amide bonds. The molecule has 0 aliphatic rings. The van der Waals surface area contributed by atoms with Crippen molar-refractivity contribution in [2.45, 2.75) is 0 Å². The molecule has 0 radical (unpaired) electrons. The molecule has 0 heterocycles. The molecule has 0 aliphatic carbocycles. The zero-order valence-corrected chi connectivity index (χ0v) is 15.5. The van der Waals surface area contributed by atoms with Gasteiger partial charge < -0.3 is 0 Å². The minimum Gasteiger partial charge on any atom is 6.00 e. The fraction of sp³-hybridized carbons (Fsp3) is 0. The van der Waals surface area contributed by atoms with E-state index in [4.69, 9.17) is 42.9 Å². The summed E-state index contributed by atoms with van der Waals surface area (Å²) >= 11 is -18.1. The Morgan fingerprint density at radius 1 is 0.438 bits per heavy atom. The number of hydrogen-bond donors (Lipinski definition) is 0. The molecule has 0 bridgehead atoms. The molecule has 16 heavy (non-hydrogen) atoms. The van der Waals surface area contributed by atoms with Crippen LogP contribution in [0.4, 0.5) is 0 Å². The van der Waals surface area contributed by atoms with Gasteiger partial charge in [-0.2, -0.15) is 0 Å². The second kappa shape index (κ2) is 10.3. The van der Waals surface area contributed by atoms with Crippen LogP contribution in [0.15, 0.2) is 0 Å². The maximum atomic E-state index is 8.63. The first kappa shape index (κ1) is 26.0. The van der Waals surface area contributed by atoms with Crippen LogP contribution >= 0.6 is 0 Å². The van der Waals surface area contributed by atoms with Crippen molar-refractivity contribution in [2.75, 3.05) is 0 Å². The average molecular weight is 664 g/mol. The molecule has 16 heteroatoms.